The highest BCUT2D eigenvalue weighted by atomic mass is 14.4. The van der Waals surface area contributed by atoms with Crippen LogP contribution in [0.5, 0.6) is 0 Å². The van der Waals surface area contributed by atoms with Crippen molar-refractivity contribution < 1.29 is 0 Å². The van der Waals surface area contributed by atoms with E-state index in [-0.39, 0.29) is 0 Å². The highest BCUT2D eigenvalue weighted by Crippen LogP contribution is 2.48. The molecule has 4 rings (SSSR count). The van der Waals surface area contributed by atoms with Gasteiger partial charge in [-0.3, -0.25) is 0 Å². The van der Waals surface area contributed by atoms with Gasteiger partial charge in [-0.25, -0.2) is 0 Å². The fourth-order valence-corrected chi connectivity index (χ4v) is 6.73. The van der Waals surface area contributed by atoms with Crippen molar-refractivity contribution in [3.63, 3.8) is 0 Å². The topological polar surface area (TPSA) is 0 Å². The van der Waals surface area contributed by atoms with E-state index in [0.29, 0.717) is 0 Å². The molecule has 4 atom stereocenters. The van der Waals surface area contributed by atoms with Crippen molar-refractivity contribution in [2.45, 2.75) is 110 Å². The molecule has 2 saturated carbocycles. The van der Waals surface area contributed by atoms with Crippen molar-refractivity contribution in [3.05, 3.63) is 59.7 Å². The summed E-state index contributed by atoms with van der Waals surface area (Å²) < 4.78 is 0. The first-order chi connectivity index (χ1) is 15.8. The summed E-state index contributed by atoms with van der Waals surface area (Å²) in [4.78, 5) is 0. The number of unbranched alkanes of at least 4 members (excludes halogenated alkanes) is 4. The van der Waals surface area contributed by atoms with Crippen LogP contribution in [0, 0.1) is 17.8 Å². The summed E-state index contributed by atoms with van der Waals surface area (Å²) in [5.74, 6) is 3.85. The molecule has 2 aliphatic carbocycles. The molecular weight excluding hydrogens is 384 g/mol. The molecule has 0 saturated heterocycles. The van der Waals surface area contributed by atoms with Crippen molar-refractivity contribution in [3.8, 4) is 0 Å². The molecule has 0 radical (unpaired) electrons. The maximum absolute atomic E-state index is 2.51. The molecule has 2 aliphatic rings. The zero-order valence-electron chi connectivity index (χ0n) is 20.8. The Morgan fingerprint density at radius 3 is 2.47 bits per heavy atom. The standard InChI is InChI=1S/C32H46/c1-3-5-7-8-10-12-26-14-16-30-24-32(20-18-28(30)22-26)31-19-17-27-21-25(11-9-6-4-2)13-15-29(27)23-31/h4,6,13,15,17,19,21,23,26,28,30,32H,3,5,7-12,14,16,18,20,22,24H2,1-2H3/b6-4+. The molecule has 0 amide bonds. The molecule has 4 unspecified atom stereocenters. The fourth-order valence-electron chi connectivity index (χ4n) is 6.73. The molecule has 0 aliphatic heterocycles. The van der Waals surface area contributed by atoms with E-state index in [4.69, 9.17) is 0 Å². The van der Waals surface area contributed by atoms with Gasteiger partial charge in [0.15, 0.2) is 0 Å². The highest BCUT2D eigenvalue weighted by molar-refractivity contribution is 5.84. The van der Waals surface area contributed by atoms with Crippen LogP contribution in [0.1, 0.15) is 114 Å². The van der Waals surface area contributed by atoms with Gasteiger partial charge in [0.05, 0.1) is 0 Å². The van der Waals surface area contributed by atoms with Crippen LogP contribution in [0.3, 0.4) is 0 Å². The lowest BCUT2D eigenvalue weighted by Gasteiger charge is -2.42. The largest absolute Gasteiger partial charge is 0.0917 e. The normalized spacial score (nSPS) is 25.9. The fraction of sp³-hybridized carbons (Fsp3) is 0.625. The van der Waals surface area contributed by atoms with E-state index >= 15 is 0 Å². The molecule has 0 heteroatoms. The van der Waals surface area contributed by atoms with Gasteiger partial charge in [0.1, 0.15) is 0 Å². The van der Waals surface area contributed by atoms with Gasteiger partial charge in [-0.15, -0.1) is 0 Å². The lowest BCUT2D eigenvalue weighted by molar-refractivity contribution is 0.113. The summed E-state index contributed by atoms with van der Waals surface area (Å²) in [6.45, 7) is 4.43. The average molecular weight is 431 g/mol. The van der Waals surface area contributed by atoms with E-state index in [0.717, 1.165) is 36.5 Å². The maximum atomic E-state index is 2.51. The molecular formula is C32H46. The Balaban J connectivity index is 1.30. The quantitative estimate of drug-likeness (QED) is 0.260. The second-order valence-electron chi connectivity index (χ2n) is 11.0. The summed E-state index contributed by atoms with van der Waals surface area (Å²) in [5.41, 5.74) is 3.07. The van der Waals surface area contributed by atoms with Gasteiger partial charge in [0.2, 0.25) is 0 Å². The van der Waals surface area contributed by atoms with Crippen LogP contribution in [0.15, 0.2) is 48.6 Å². The zero-order chi connectivity index (χ0) is 22.2. The van der Waals surface area contributed by atoms with Gasteiger partial charge in [-0.05, 0) is 97.4 Å². The van der Waals surface area contributed by atoms with Crippen molar-refractivity contribution >= 4 is 10.8 Å². The summed E-state index contributed by atoms with van der Waals surface area (Å²) >= 11 is 0. The second kappa shape index (κ2) is 12.1. The van der Waals surface area contributed by atoms with Gasteiger partial charge in [-0.2, -0.15) is 0 Å². The first-order valence-corrected chi connectivity index (χ1v) is 13.9. The first-order valence-electron chi connectivity index (χ1n) is 13.9. The van der Waals surface area contributed by atoms with E-state index in [9.17, 15) is 0 Å². The van der Waals surface area contributed by atoms with E-state index in [1.54, 1.807) is 12.0 Å². The van der Waals surface area contributed by atoms with Crippen LogP contribution in [0.25, 0.3) is 10.8 Å². The number of hydrogen-bond acceptors (Lipinski definition) is 0. The number of rotatable bonds is 10. The monoisotopic (exact) mass is 430 g/mol. The number of benzene rings is 2. The molecule has 0 nitrogen and oxygen atoms in total. The lowest BCUT2D eigenvalue weighted by Crippen LogP contribution is -2.30. The summed E-state index contributed by atoms with van der Waals surface area (Å²) in [5, 5.41) is 2.85. The third-order valence-corrected chi connectivity index (χ3v) is 8.67. The number of fused-ring (bicyclic) bond motifs is 2. The molecule has 0 aromatic heterocycles. The smallest absolute Gasteiger partial charge is 0.0159 e. The molecule has 0 heterocycles. The SMILES string of the molecule is C/C=C/CCc1ccc2cc(C3CCC4CC(CCCCCCC)CCC4C3)ccc2c1. The minimum absolute atomic E-state index is 0.792. The van der Waals surface area contributed by atoms with Gasteiger partial charge in [0.25, 0.3) is 0 Å². The third kappa shape index (κ3) is 6.27. The second-order valence-corrected chi connectivity index (χ2v) is 11.0. The van der Waals surface area contributed by atoms with Gasteiger partial charge in [0, 0.05) is 0 Å². The Kier molecular flexibility index (Phi) is 8.89. The van der Waals surface area contributed by atoms with Crippen LogP contribution in [0.4, 0.5) is 0 Å². The Labute approximate surface area is 197 Å². The van der Waals surface area contributed by atoms with Crippen LogP contribution in [-0.2, 0) is 6.42 Å². The molecule has 0 spiro atoms. The molecule has 174 valence electrons. The Morgan fingerprint density at radius 1 is 0.812 bits per heavy atom. The van der Waals surface area contributed by atoms with E-state index < -0.39 is 0 Å². The molecule has 0 bridgehead atoms. The van der Waals surface area contributed by atoms with E-state index in [1.807, 2.05) is 0 Å². The van der Waals surface area contributed by atoms with Crippen LogP contribution >= 0.6 is 0 Å². The molecule has 2 fully saturated rings. The van der Waals surface area contributed by atoms with Gasteiger partial charge in [-0.1, -0.05) is 100 Å². The van der Waals surface area contributed by atoms with Crippen molar-refractivity contribution in [2.75, 3.05) is 0 Å². The third-order valence-electron chi connectivity index (χ3n) is 8.67. The predicted molar refractivity (Wildman–Crippen MR) is 141 cm³/mol. The number of allylic oxidation sites excluding steroid dienone is 2. The van der Waals surface area contributed by atoms with Gasteiger partial charge < -0.3 is 0 Å². The first kappa shape index (κ1) is 23.6. The molecule has 2 aromatic rings. The summed E-state index contributed by atoms with van der Waals surface area (Å²) in [6.07, 6.45) is 24.3. The Morgan fingerprint density at radius 2 is 1.59 bits per heavy atom. The Hall–Kier alpha value is -1.56. The number of hydrogen-bond donors (Lipinski definition) is 0. The van der Waals surface area contributed by atoms with Crippen LogP contribution in [0.2, 0.25) is 0 Å². The predicted octanol–water partition coefficient (Wildman–Crippen LogP) is 10.0. The van der Waals surface area contributed by atoms with Crippen LogP contribution in [-0.4, -0.2) is 0 Å². The Bertz CT molecular complexity index is 859. The summed E-state index contributed by atoms with van der Waals surface area (Å²) in [6, 6.07) is 14.5. The van der Waals surface area contributed by atoms with Crippen molar-refractivity contribution in [1.29, 1.82) is 0 Å². The van der Waals surface area contributed by atoms with Crippen molar-refractivity contribution in [1.82, 2.24) is 0 Å². The molecule has 2 aromatic carbocycles. The number of aryl methyl sites for hydroxylation is 1. The average Bonchev–Trinajstić information content (AvgIpc) is 2.83. The minimum atomic E-state index is 0.792. The van der Waals surface area contributed by atoms with E-state index in [1.165, 1.54) is 87.0 Å². The van der Waals surface area contributed by atoms with Crippen molar-refractivity contribution in [2.24, 2.45) is 17.8 Å². The minimum Gasteiger partial charge on any atom is -0.0917 e. The van der Waals surface area contributed by atoms with E-state index in [2.05, 4.69) is 62.4 Å². The molecule has 0 N–H and O–H groups in total. The van der Waals surface area contributed by atoms with Crippen LogP contribution < -0.4 is 0 Å². The highest BCUT2D eigenvalue weighted by Gasteiger charge is 2.35. The summed E-state index contributed by atoms with van der Waals surface area (Å²) in [7, 11) is 0. The zero-order valence-corrected chi connectivity index (χ0v) is 20.8. The maximum Gasteiger partial charge on any atom is -0.0159 e. The molecule has 32 heavy (non-hydrogen) atoms. The lowest BCUT2D eigenvalue weighted by atomic mass is 9.63. The van der Waals surface area contributed by atoms with Gasteiger partial charge >= 0.3 is 0 Å².